The molecule has 7 nitrogen and oxygen atoms in total. The van der Waals surface area contributed by atoms with Crippen molar-refractivity contribution in [2.75, 3.05) is 16.4 Å². The Morgan fingerprint density at radius 1 is 1.21 bits per heavy atom. The van der Waals surface area contributed by atoms with E-state index < -0.39 is 15.9 Å². The van der Waals surface area contributed by atoms with Gasteiger partial charge < -0.3 is 16.2 Å². The summed E-state index contributed by atoms with van der Waals surface area (Å²) in [4.78, 5) is 12.0. The molecular formula is C19H18ClN3O4S2. The molecule has 0 spiro atoms. The molecule has 1 aromatic heterocycles. The van der Waals surface area contributed by atoms with Crippen LogP contribution in [0.1, 0.15) is 10.4 Å². The number of sulfone groups is 1. The summed E-state index contributed by atoms with van der Waals surface area (Å²) in [7, 11) is -3.63. The van der Waals surface area contributed by atoms with E-state index in [0.29, 0.717) is 28.5 Å². The number of benzene rings is 2. The third-order valence-electron chi connectivity index (χ3n) is 4.26. The van der Waals surface area contributed by atoms with Crippen LogP contribution in [0.25, 0.3) is 0 Å². The first-order chi connectivity index (χ1) is 13.7. The minimum absolute atomic E-state index is 0.191. The quantitative estimate of drug-likeness (QED) is 0.398. The fourth-order valence-corrected chi connectivity index (χ4v) is 5.69. The van der Waals surface area contributed by atoms with Gasteiger partial charge in [-0.05, 0) is 55.0 Å². The van der Waals surface area contributed by atoms with Crippen LogP contribution in [0, 0.1) is 6.92 Å². The maximum atomic E-state index is 12.9. The lowest BCUT2D eigenvalue weighted by molar-refractivity contribution is 0.210. The zero-order chi connectivity index (χ0) is 21.2. The molecular weight excluding hydrogens is 434 g/mol. The maximum absolute atomic E-state index is 12.9. The number of halogens is 1. The minimum atomic E-state index is -3.63. The predicted molar refractivity (Wildman–Crippen MR) is 116 cm³/mol. The Balaban J connectivity index is 1.77. The van der Waals surface area contributed by atoms with Crippen molar-refractivity contribution in [3.8, 4) is 0 Å². The van der Waals surface area contributed by atoms with Gasteiger partial charge in [-0.25, -0.2) is 13.2 Å². The molecule has 10 heteroatoms. The van der Waals surface area contributed by atoms with Crippen molar-refractivity contribution in [3.63, 3.8) is 0 Å². The van der Waals surface area contributed by atoms with Crippen molar-refractivity contribution in [3.05, 3.63) is 63.3 Å². The third-order valence-corrected chi connectivity index (χ3v) is 7.64. The Labute approximate surface area is 177 Å². The summed E-state index contributed by atoms with van der Waals surface area (Å²) in [6.07, 6.45) is -1.19. The standard InChI is InChI=1S/C19H18ClN3O4S2/c1-11-17(9-22-13-4-7-16(15(21)8-13)23-19(24)25)28-10-18(11)29(26,27)14-5-2-12(20)3-6-14/h2-8,10,22-23H,9,21H2,1H3,(H,24,25). The van der Waals surface area contributed by atoms with Gasteiger partial charge in [-0.15, -0.1) is 11.3 Å². The first-order valence-corrected chi connectivity index (χ1v) is 11.1. The van der Waals surface area contributed by atoms with Gasteiger partial charge in [0.15, 0.2) is 0 Å². The molecule has 1 amide bonds. The Kier molecular flexibility index (Phi) is 6.02. The Hall–Kier alpha value is -2.75. The highest BCUT2D eigenvalue weighted by atomic mass is 35.5. The third kappa shape index (κ3) is 4.64. The zero-order valence-electron chi connectivity index (χ0n) is 15.3. The normalized spacial score (nSPS) is 11.2. The zero-order valence-corrected chi connectivity index (χ0v) is 17.7. The molecule has 0 atom stereocenters. The van der Waals surface area contributed by atoms with Gasteiger partial charge in [0.25, 0.3) is 0 Å². The lowest BCUT2D eigenvalue weighted by Gasteiger charge is -2.10. The summed E-state index contributed by atoms with van der Waals surface area (Å²) in [5, 5.41) is 16.3. The molecule has 3 aromatic rings. The lowest BCUT2D eigenvalue weighted by Crippen LogP contribution is -2.09. The molecule has 152 valence electrons. The van der Waals surface area contributed by atoms with Gasteiger partial charge >= 0.3 is 6.09 Å². The molecule has 1 heterocycles. The lowest BCUT2D eigenvalue weighted by atomic mass is 10.2. The van der Waals surface area contributed by atoms with E-state index in [4.69, 9.17) is 22.4 Å². The number of anilines is 3. The van der Waals surface area contributed by atoms with Crippen LogP contribution in [0.3, 0.4) is 0 Å². The maximum Gasteiger partial charge on any atom is 0.409 e. The number of amides is 1. The van der Waals surface area contributed by atoms with Crippen molar-refractivity contribution in [1.82, 2.24) is 0 Å². The first-order valence-electron chi connectivity index (χ1n) is 8.39. The fourth-order valence-electron chi connectivity index (χ4n) is 2.70. The summed E-state index contributed by atoms with van der Waals surface area (Å²) >= 11 is 7.19. The van der Waals surface area contributed by atoms with Crippen molar-refractivity contribution in [2.45, 2.75) is 23.3 Å². The van der Waals surface area contributed by atoms with E-state index in [1.165, 1.54) is 23.5 Å². The molecule has 0 fully saturated rings. The molecule has 0 bridgehead atoms. The first kappa shape index (κ1) is 21.0. The van der Waals surface area contributed by atoms with Gasteiger partial charge in [-0.2, -0.15) is 0 Å². The molecule has 5 N–H and O–H groups in total. The second-order valence-corrected chi connectivity index (χ2v) is 9.51. The number of hydrogen-bond acceptors (Lipinski definition) is 6. The van der Waals surface area contributed by atoms with Gasteiger partial charge in [0.1, 0.15) is 0 Å². The van der Waals surface area contributed by atoms with E-state index in [-0.39, 0.29) is 15.5 Å². The summed E-state index contributed by atoms with van der Waals surface area (Å²) < 4.78 is 25.8. The van der Waals surface area contributed by atoms with Crippen molar-refractivity contribution in [2.24, 2.45) is 0 Å². The number of nitrogen functional groups attached to an aromatic ring is 1. The Morgan fingerprint density at radius 2 is 1.90 bits per heavy atom. The number of nitrogens with two attached hydrogens (primary N) is 1. The smallest absolute Gasteiger partial charge is 0.409 e. The summed E-state index contributed by atoms with van der Waals surface area (Å²) in [6, 6.07) is 10.9. The van der Waals surface area contributed by atoms with Gasteiger partial charge in [0.05, 0.1) is 21.2 Å². The number of thiophene rings is 1. The van der Waals surface area contributed by atoms with Crippen molar-refractivity contribution in [1.29, 1.82) is 0 Å². The van der Waals surface area contributed by atoms with E-state index >= 15 is 0 Å². The topological polar surface area (TPSA) is 122 Å². The number of carboxylic acid groups (broad SMARTS) is 1. The highest BCUT2D eigenvalue weighted by Crippen LogP contribution is 2.32. The Bertz CT molecular complexity index is 1160. The van der Waals surface area contributed by atoms with Gasteiger partial charge in [0, 0.05) is 27.5 Å². The highest BCUT2D eigenvalue weighted by Gasteiger charge is 2.23. The summed E-state index contributed by atoms with van der Waals surface area (Å²) in [5.41, 5.74) is 7.80. The van der Waals surface area contributed by atoms with Crippen molar-refractivity contribution >= 4 is 55.9 Å². The van der Waals surface area contributed by atoms with Crippen LogP contribution in [-0.2, 0) is 16.4 Å². The van der Waals surface area contributed by atoms with Crippen LogP contribution in [0.4, 0.5) is 21.9 Å². The molecule has 2 aromatic carbocycles. The second-order valence-electron chi connectivity index (χ2n) is 6.19. The highest BCUT2D eigenvalue weighted by molar-refractivity contribution is 7.91. The molecule has 3 rings (SSSR count). The van der Waals surface area contributed by atoms with Crippen LogP contribution in [0.15, 0.2) is 57.6 Å². The van der Waals surface area contributed by atoms with Crippen LogP contribution < -0.4 is 16.4 Å². The van der Waals surface area contributed by atoms with Gasteiger partial charge in [-0.1, -0.05) is 11.6 Å². The van der Waals surface area contributed by atoms with Gasteiger partial charge in [0.2, 0.25) is 9.84 Å². The summed E-state index contributed by atoms with van der Waals surface area (Å²) in [5.74, 6) is 0. The monoisotopic (exact) mass is 451 g/mol. The fraction of sp³-hybridized carbons (Fsp3) is 0.105. The number of carbonyl (C=O) groups is 1. The SMILES string of the molecule is Cc1c(S(=O)(=O)c2ccc(Cl)cc2)csc1CNc1ccc(NC(=O)O)c(N)c1. The average Bonchev–Trinajstić information content (AvgIpc) is 3.03. The van der Waals surface area contributed by atoms with E-state index in [1.54, 1.807) is 42.6 Å². The van der Waals surface area contributed by atoms with E-state index in [2.05, 4.69) is 10.6 Å². The molecule has 0 aliphatic carbocycles. The molecule has 0 aliphatic heterocycles. The van der Waals surface area contributed by atoms with Crippen LogP contribution in [0.2, 0.25) is 5.02 Å². The minimum Gasteiger partial charge on any atom is -0.465 e. The molecule has 29 heavy (non-hydrogen) atoms. The molecule has 0 unspecified atom stereocenters. The number of hydrogen-bond donors (Lipinski definition) is 4. The van der Waals surface area contributed by atoms with E-state index in [1.807, 2.05) is 0 Å². The van der Waals surface area contributed by atoms with Crippen LogP contribution >= 0.6 is 22.9 Å². The van der Waals surface area contributed by atoms with E-state index in [0.717, 1.165) is 4.88 Å². The predicted octanol–water partition coefficient (Wildman–Crippen LogP) is 4.83. The van der Waals surface area contributed by atoms with Crippen LogP contribution in [-0.4, -0.2) is 19.6 Å². The molecule has 0 saturated heterocycles. The number of rotatable bonds is 6. The number of nitrogens with one attached hydrogen (secondary N) is 2. The average molecular weight is 452 g/mol. The van der Waals surface area contributed by atoms with Crippen molar-refractivity contribution < 1.29 is 18.3 Å². The molecule has 0 radical (unpaired) electrons. The molecule has 0 saturated carbocycles. The largest absolute Gasteiger partial charge is 0.465 e. The molecule has 0 aliphatic rings. The Morgan fingerprint density at radius 3 is 2.52 bits per heavy atom. The summed E-state index contributed by atoms with van der Waals surface area (Å²) in [6.45, 7) is 2.17. The second kappa shape index (κ2) is 8.32. The van der Waals surface area contributed by atoms with Crippen LogP contribution in [0.5, 0.6) is 0 Å². The van der Waals surface area contributed by atoms with E-state index in [9.17, 15) is 13.2 Å². The van der Waals surface area contributed by atoms with Gasteiger partial charge in [-0.3, -0.25) is 5.32 Å².